The van der Waals surface area contributed by atoms with Crippen molar-refractivity contribution in [2.45, 2.75) is 33.2 Å². The summed E-state index contributed by atoms with van der Waals surface area (Å²) in [6.07, 6.45) is 1.96. The summed E-state index contributed by atoms with van der Waals surface area (Å²) in [5, 5.41) is 3.16. The summed E-state index contributed by atoms with van der Waals surface area (Å²) in [7, 11) is 0. The molecular formula is C29H36N4O3. The Morgan fingerprint density at radius 2 is 1.78 bits per heavy atom. The Morgan fingerprint density at radius 3 is 2.56 bits per heavy atom. The van der Waals surface area contributed by atoms with Crippen LogP contribution in [-0.2, 0) is 6.54 Å². The van der Waals surface area contributed by atoms with Crippen LogP contribution in [0.1, 0.15) is 35.8 Å². The van der Waals surface area contributed by atoms with Crippen molar-refractivity contribution in [2.75, 3.05) is 51.0 Å². The Kier molecular flexibility index (Phi) is 7.47. The van der Waals surface area contributed by atoms with E-state index in [0.29, 0.717) is 13.3 Å². The summed E-state index contributed by atoms with van der Waals surface area (Å²) in [5.41, 5.74) is 5.19. The molecule has 2 aliphatic rings. The van der Waals surface area contributed by atoms with Crippen LogP contribution in [-0.4, -0.2) is 61.4 Å². The molecule has 1 aromatic heterocycles. The highest BCUT2D eigenvalue weighted by molar-refractivity contribution is 5.97. The van der Waals surface area contributed by atoms with E-state index in [1.54, 1.807) is 0 Å². The highest BCUT2D eigenvalue weighted by Gasteiger charge is 2.24. The zero-order chi connectivity index (χ0) is 24.9. The van der Waals surface area contributed by atoms with Crippen molar-refractivity contribution in [2.24, 2.45) is 0 Å². The first kappa shape index (κ1) is 24.3. The SMILES string of the molecule is CCCn1c(-c2ccccc2)cc(C(=O)NCCCN2CCN(c3cccc4c3OCO4)CC2)c1C. The van der Waals surface area contributed by atoms with Gasteiger partial charge >= 0.3 is 0 Å². The molecular weight excluding hydrogens is 452 g/mol. The maximum absolute atomic E-state index is 13.0. The summed E-state index contributed by atoms with van der Waals surface area (Å²) in [6.45, 7) is 11.0. The van der Waals surface area contributed by atoms with Gasteiger partial charge in [0.1, 0.15) is 0 Å². The van der Waals surface area contributed by atoms with Gasteiger partial charge in [-0.3, -0.25) is 9.69 Å². The van der Waals surface area contributed by atoms with Gasteiger partial charge in [-0.15, -0.1) is 0 Å². The van der Waals surface area contributed by atoms with Gasteiger partial charge in [0.15, 0.2) is 11.5 Å². The molecule has 0 atom stereocenters. The van der Waals surface area contributed by atoms with Gasteiger partial charge in [-0.2, -0.15) is 0 Å². The molecule has 190 valence electrons. The van der Waals surface area contributed by atoms with Crippen LogP contribution < -0.4 is 19.7 Å². The van der Waals surface area contributed by atoms with Crippen LogP contribution in [0.15, 0.2) is 54.6 Å². The number of ether oxygens (including phenoxy) is 2. The second kappa shape index (κ2) is 11.1. The number of carbonyl (C=O) groups is 1. The van der Waals surface area contributed by atoms with Crippen LogP contribution in [0.3, 0.4) is 0 Å². The lowest BCUT2D eigenvalue weighted by atomic mass is 10.1. The van der Waals surface area contributed by atoms with E-state index in [1.165, 1.54) is 0 Å². The number of para-hydroxylation sites is 1. The molecule has 0 saturated carbocycles. The fourth-order valence-corrected chi connectivity index (χ4v) is 5.21. The number of hydrogen-bond donors (Lipinski definition) is 1. The fraction of sp³-hybridized carbons (Fsp3) is 0.414. The molecule has 1 amide bonds. The van der Waals surface area contributed by atoms with Crippen LogP contribution in [0, 0.1) is 6.92 Å². The average molecular weight is 489 g/mol. The molecule has 0 unspecified atom stereocenters. The summed E-state index contributed by atoms with van der Waals surface area (Å²) >= 11 is 0. The quantitative estimate of drug-likeness (QED) is 0.448. The van der Waals surface area contributed by atoms with Crippen molar-refractivity contribution in [3.8, 4) is 22.8 Å². The average Bonchev–Trinajstić information content (AvgIpc) is 3.52. The van der Waals surface area contributed by atoms with E-state index in [-0.39, 0.29) is 5.91 Å². The van der Waals surface area contributed by atoms with E-state index in [2.05, 4.69) is 51.7 Å². The fourth-order valence-electron chi connectivity index (χ4n) is 5.21. The predicted molar refractivity (Wildman–Crippen MR) is 143 cm³/mol. The number of amides is 1. The van der Waals surface area contributed by atoms with Gasteiger partial charge in [0, 0.05) is 50.7 Å². The monoisotopic (exact) mass is 488 g/mol. The van der Waals surface area contributed by atoms with E-state index in [4.69, 9.17) is 9.47 Å². The number of anilines is 1. The van der Waals surface area contributed by atoms with Gasteiger partial charge in [-0.25, -0.2) is 0 Å². The van der Waals surface area contributed by atoms with Crippen molar-refractivity contribution in [1.29, 1.82) is 0 Å². The minimum Gasteiger partial charge on any atom is -0.454 e. The number of benzene rings is 2. The molecule has 7 nitrogen and oxygen atoms in total. The maximum Gasteiger partial charge on any atom is 0.253 e. The second-order valence-electron chi connectivity index (χ2n) is 9.50. The summed E-state index contributed by atoms with van der Waals surface area (Å²) in [5.74, 6) is 1.72. The molecule has 5 rings (SSSR count). The lowest BCUT2D eigenvalue weighted by molar-refractivity contribution is 0.0950. The van der Waals surface area contributed by atoms with Gasteiger partial charge < -0.3 is 24.3 Å². The molecule has 1 saturated heterocycles. The van der Waals surface area contributed by atoms with E-state index < -0.39 is 0 Å². The van der Waals surface area contributed by atoms with Crippen LogP contribution in [0.25, 0.3) is 11.3 Å². The Hall–Kier alpha value is -3.45. The van der Waals surface area contributed by atoms with Crippen LogP contribution in [0.4, 0.5) is 5.69 Å². The van der Waals surface area contributed by atoms with Gasteiger partial charge in [0.2, 0.25) is 6.79 Å². The largest absolute Gasteiger partial charge is 0.454 e. The number of piperazine rings is 1. The van der Waals surface area contributed by atoms with Gasteiger partial charge in [0.05, 0.1) is 11.3 Å². The Balaban J connectivity index is 1.11. The number of nitrogens with one attached hydrogen (secondary N) is 1. The van der Waals surface area contributed by atoms with E-state index in [1.807, 2.05) is 36.4 Å². The minimum atomic E-state index is 0.0181. The van der Waals surface area contributed by atoms with E-state index >= 15 is 0 Å². The minimum absolute atomic E-state index is 0.0181. The summed E-state index contributed by atoms with van der Waals surface area (Å²) in [6, 6.07) is 18.5. The number of fused-ring (bicyclic) bond motifs is 1. The molecule has 3 aromatic rings. The molecule has 1 fully saturated rings. The normalized spacial score (nSPS) is 15.3. The molecule has 0 bridgehead atoms. The van der Waals surface area contributed by atoms with E-state index in [9.17, 15) is 4.79 Å². The summed E-state index contributed by atoms with van der Waals surface area (Å²) < 4.78 is 13.5. The second-order valence-corrected chi connectivity index (χ2v) is 9.50. The molecule has 1 N–H and O–H groups in total. The zero-order valence-electron chi connectivity index (χ0n) is 21.3. The summed E-state index contributed by atoms with van der Waals surface area (Å²) in [4.78, 5) is 17.9. The van der Waals surface area contributed by atoms with Crippen LogP contribution in [0.2, 0.25) is 0 Å². The van der Waals surface area contributed by atoms with Crippen molar-refractivity contribution in [3.63, 3.8) is 0 Å². The molecule has 3 heterocycles. The number of hydrogen-bond acceptors (Lipinski definition) is 5. The zero-order valence-corrected chi connectivity index (χ0v) is 21.3. The number of rotatable bonds is 9. The third-order valence-electron chi connectivity index (χ3n) is 7.15. The highest BCUT2D eigenvalue weighted by Crippen LogP contribution is 2.41. The third kappa shape index (κ3) is 5.07. The molecule has 7 heteroatoms. The highest BCUT2D eigenvalue weighted by atomic mass is 16.7. The lowest BCUT2D eigenvalue weighted by Gasteiger charge is -2.36. The third-order valence-corrected chi connectivity index (χ3v) is 7.15. The van der Waals surface area contributed by atoms with Crippen molar-refractivity contribution in [3.05, 3.63) is 65.9 Å². The predicted octanol–water partition coefficient (Wildman–Crippen LogP) is 4.54. The Labute approximate surface area is 213 Å². The van der Waals surface area contributed by atoms with Gasteiger partial charge in [-0.1, -0.05) is 43.3 Å². The standard InChI is InChI=1S/C29H36N4O3/c1-3-14-33-22(2)24(20-26(33)23-9-5-4-6-10-23)29(34)30-13-8-15-31-16-18-32(19-17-31)25-11-7-12-27-28(25)36-21-35-27/h4-7,9-12,20H,3,8,13-19,21H2,1-2H3,(H,30,34). The molecule has 0 spiro atoms. The van der Waals surface area contributed by atoms with Crippen molar-refractivity contribution < 1.29 is 14.3 Å². The van der Waals surface area contributed by atoms with Crippen LogP contribution in [0.5, 0.6) is 11.5 Å². The van der Waals surface area contributed by atoms with Gasteiger partial charge in [0.25, 0.3) is 5.91 Å². The van der Waals surface area contributed by atoms with Gasteiger partial charge in [-0.05, 0) is 50.1 Å². The van der Waals surface area contributed by atoms with Crippen LogP contribution >= 0.6 is 0 Å². The lowest BCUT2D eigenvalue weighted by Crippen LogP contribution is -2.47. The Morgan fingerprint density at radius 1 is 0.972 bits per heavy atom. The number of carbonyl (C=O) groups excluding carboxylic acids is 1. The van der Waals surface area contributed by atoms with Crippen molar-refractivity contribution in [1.82, 2.24) is 14.8 Å². The molecule has 0 radical (unpaired) electrons. The topological polar surface area (TPSA) is 59.0 Å². The van der Waals surface area contributed by atoms with Crippen molar-refractivity contribution >= 4 is 11.6 Å². The molecule has 36 heavy (non-hydrogen) atoms. The smallest absolute Gasteiger partial charge is 0.253 e. The maximum atomic E-state index is 13.0. The number of nitrogens with zero attached hydrogens (tertiary/aromatic N) is 3. The first-order chi connectivity index (χ1) is 17.7. The first-order valence-electron chi connectivity index (χ1n) is 13.1. The molecule has 2 aliphatic heterocycles. The van der Waals surface area contributed by atoms with E-state index in [0.717, 1.165) is 91.8 Å². The molecule has 2 aromatic carbocycles. The first-order valence-corrected chi connectivity index (χ1v) is 13.1. The number of aromatic nitrogens is 1. The molecule has 0 aliphatic carbocycles. The Bertz CT molecular complexity index is 1180.